The second kappa shape index (κ2) is 16.7. The summed E-state index contributed by atoms with van der Waals surface area (Å²) in [4.78, 5) is 27.9. The van der Waals surface area contributed by atoms with Gasteiger partial charge in [0.1, 0.15) is 28.5 Å². The number of hydrogen-bond donors (Lipinski definition) is 1. The molecule has 1 aliphatic rings. The van der Waals surface area contributed by atoms with Gasteiger partial charge in [0.15, 0.2) is 5.82 Å². The number of rotatable bonds is 11. The number of methoxy groups -OCH3 is 2. The predicted molar refractivity (Wildman–Crippen MR) is 174 cm³/mol. The Bertz CT molecular complexity index is 1330. The highest BCUT2D eigenvalue weighted by molar-refractivity contribution is 5.69. The maximum atomic E-state index is 12.7. The summed E-state index contributed by atoms with van der Waals surface area (Å²) >= 11 is 0. The van der Waals surface area contributed by atoms with Crippen molar-refractivity contribution in [3.8, 4) is 34.5 Å². The molecule has 0 radical (unpaired) electrons. The SMILES string of the molecule is CCCCC(C)C.COc1cccc(Oc2nc(-c3cncc(OC)c3)ncc2NCC2CCCN2C(=O)OC(C)(C)C)c1. The fourth-order valence-corrected chi connectivity index (χ4v) is 4.58. The zero-order chi connectivity index (χ0) is 32.1. The molecule has 1 fully saturated rings. The number of benzene rings is 1. The third kappa shape index (κ3) is 10.9. The average Bonchev–Trinajstić information content (AvgIpc) is 3.48. The van der Waals surface area contributed by atoms with E-state index >= 15 is 0 Å². The van der Waals surface area contributed by atoms with E-state index in [2.05, 4.69) is 41.0 Å². The van der Waals surface area contributed by atoms with Crippen LogP contribution in [-0.4, -0.2) is 64.9 Å². The predicted octanol–water partition coefficient (Wildman–Crippen LogP) is 7.99. The molecule has 3 heterocycles. The molecular formula is C34H49N5O5. The third-order valence-corrected chi connectivity index (χ3v) is 6.88. The first kappa shape index (κ1) is 34.4. The summed E-state index contributed by atoms with van der Waals surface area (Å²) < 4.78 is 22.4. The lowest BCUT2D eigenvalue weighted by Gasteiger charge is -2.29. The lowest BCUT2D eigenvalue weighted by molar-refractivity contribution is 0.0235. The molecule has 44 heavy (non-hydrogen) atoms. The summed E-state index contributed by atoms with van der Waals surface area (Å²) in [5.74, 6) is 3.50. The van der Waals surface area contributed by atoms with Crippen molar-refractivity contribution in [3.63, 3.8) is 0 Å². The molecule has 240 valence electrons. The Hall–Kier alpha value is -4.08. The van der Waals surface area contributed by atoms with Crippen LogP contribution in [0, 0.1) is 5.92 Å². The highest BCUT2D eigenvalue weighted by Crippen LogP contribution is 2.32. The number of nitrogens with zero attached hydrogens (tertiary/aromatic N) is 4. The van der Waals surface area contributed by atoms with E-state index < -0.39 is 5.60 Å². The summed E-state index contributed by atoms with van der Waals surface area (Å²) in [5, 5.41) is 3.38. The number of carbonyl (C=O) groups excluding carboxylic acids is 1. The Kier molecular flexibility index (Phi) is 13.0. The van der Waals surface area contributed by atoms with Crippen molar-refractivity contribution in [2.75, 3.05) is 32.6 Å². The van der Waals surface area contributed by atoms with E-state index in [1.165, 1.54) is 19.3 Å². The standard InChI is InChI=1S/C27H33N5O5.C7H16/c1-27(2,3)37-26(33)32-11-7-8-19(32)15-29-23-17-30-24(18-12-22(35-5)16-28-14-18)31-25(23)36-21-10-6-9-20(13-21)34-4;1-4-5-6-7(2)3/h6,9-10,12-14,16-17,19,29H,7-8,11,15H2,1-5H3;7H,4-6H2,1-3H3. The van der Waals surface area contributed by atoms with Gasteiger partial charge >= 0.3 is 6.09 Å². The molecule has 1 saturated heterocycles. The zero-order valence-corrected chi connectivity index (χ0v) is 27.6. The normalized spacial score (nSPS) is 14.5. The van der Waals surface area contributed by atoms with Crippen molar-refractivity contribution in [2.24, 2.45) is 5.92 Å². The van der Waals surface area contributed by atoms with Crippen LogP contribution in [0.25, 0.3) is 11.4 Å². The van der Waals surface area contributed by atoms with Gasteiger partial charge in [0.05, 0.1) is 32.7 Å². The largest absolute Gasteiger partial charge is 0.497 e. The molecule has 0 bridgehead atoms. The van der Waals surface area contributed by atoms with Crippen molar-refractivity contribution < 1.29 is 23.7 Å². The topological polar surface area (TPSA) is 108 Å². The van der Waals surface area contributed by atoms with Crippen molar-refractivity contribution in [1.29, 1.82) is 0 Å². The van der Waals surface area contributed by atoms with Gasteiger partial charge in [-0.15, -0.1) is 0 Å². The van der Waals surface area contributed by atoms with Crippen molar-refractivity contribution in [1.82, 2.24) is 19.9 Å². The molecule has 10 nitrogen and oxygen atoms in total. The molecular weight excluding hydrogens is 558 g/mol. The lowest BCUT2D eigenvalue weighted by Crippen LogP contribution is -2.42. The number of ether oxygens (including phenoxy) is 4. The second-order valence-corrected chi connectivity index (χ2v) is 12.2. The fourth-order valence-electron chi connectivity index (χ4n) is 4.58. The van der Waals surface area contributed by atoms with Crippen LogP contribution in [0.1, 0.15) is 73.6 Å². The number of aromatic nitrogens is 3. The van der Waals surface area contributed by atoms with Gasteiger partial charge < -0.3 is 29.2 Å². The Morgan fingerprint density at radius 2 is 1.82 bits per heavy atom. The number of hydrogen-bond acceptors (Lipinski definition) is 9. The van der Waals surface area contributed by atoms with E-state index in [4.69, 9.17) is 18.9 Å². The second-order valence-electron chi connectivity index (χ2n) is 12.2. The molecule has 1 N–H and O–H groups in total. The molecule has 4 rings (SSSR count). The maximum Gasteiger partial charge on any atom is 0.410 e. The van der Waals surface area contributed by atoms with Gasteiger partial charge in [-0.3, -0.25) is 4.98 Å². The molecule has 3 aromatic rings. The van der Waals surface area contributed by atoms with Crippen LogP contribution >= 0.6 is 0 Å². The van der Waals surface area contributed by atoms with Gasteiger partial charge in [0, 0.05) is 30.9 Å². The number of likely N-dealkylation sites (tertiary alicyclic amines) is 1. The lowest BCUT2D eigenvalue weighted by atomic mass is 10.1. The maximum absolute atomic E-state index is 12.7. The minimum absolute atomic E-state index is 0.0261. The summed E-state index contributed by atoms with van der Waals surface area (Å²) in [7, 11) is 3.18. The Balaban J connectivity index is 0.000000676. The summed E-state index contributed by atoms with van der Waals surface area (Å²) in [6, 6.07) is 9.06. The van der Waals surface area contributed by atoms with E-state index in [9.17, 15) is 4.79 Å². The third-order valence-electron chi connectivity index (χ3n) is 6.88. The molecule has 1 aliphatic heterocycles. The smallest absolute Gasteiger partial charge is 0.410 e. The number of nitrogens with one attached hydrogen (secondary N) is 1. The van der Waals surface area contributed by atoms with Crippen LogP contribution in [0.3, 0.4) is 0 Å². The number of carbonyl (C=O) groups is 1. The van der Waals surface area contributed by atoms with Gasteiger partial charge in [-0.2, -0.15) is 4.98 Å². The first-order valence-corrected chi connectivity index (χ1v) is 15.4. The minimum Gasteiger partial charge on any atom is -0.497 e. The van der Waals surface area contributed by atoms with Crippen LogP contribution in [0.5, 0.6) is 23.1 Å². The average molecular weight is 608 g/mol. The van der Waals surface area contributed by atoms with E-state index in [0.29, 0.717) is 53.3 Å². The monoisotopic (exact) mass is 607 g/mol. The van der Waals surface area contributed by atoms with Crippen LogP contribution in [0.15, 0.2) is 48.9 Å². The van der Waals surface area contributed by atoms with Crippen molar-refractivity contribution >= 4 is 11.8 Å². The highest BCUT2D eigenvalue weighted by atomic mass is 16.6. The number of anilines is 1. The van der Waals surface area contributed by atoms with Gasteiger partial charge in [-0.25, -0.2) is 9.78 Å². The first-order valence-electron chi connectivity index (χ1n) is 15.4. The quantitative estimate of drug-likeness (QED) is 0.232. The Morgan fingerprint density at radius 3 is 2.48 bits per heavy atom. The van der Waals surface area contributed by atoms with Gasteiger partial charge in [-0.1, -0.05) is 46.1 Å². The van der Waals surface area contributed by atoms with E-state index in [1.54, 1.807) is 43.8 Å². The van der Waals surface area contributed by atoms with Crippen molar-refractivity contribution in [2.45, 2.75) is 85.3 Å². The molecule has 0 aliphatic carbocycles. The molecule has 1 unspecified atom stereocenters. The Morgan fingerprint density at radius 1 is 1.07 bits per heavy atom. The molecule has 1 aromatic carbocycles. The Labute approximate surface area is 262 Å². The van der Waals surface area contributed by atoms with Crippen LogP contribution in [-0.2, 0) is 4.74 Å². The highest BCUT2D eigenvalue weighted by Gasteiger charge is 2.32. The first-order chi connectivity index (χ1) is 21.0. The number of unbranched alkanes of at least 4 members (excludes halogenated alkanes) is 1. The molecule has 1 amide bonds. The zero-order valence-electron chi connectivity index (χ0n) is 27.6. The number of amides is 1. The summed E-state index contributed by atoms with van der Waals surface area (Å²) in [5.41, 5.74) is 0.736. The van der Waals surface area contributed by atoms with Crippen LogP contribution in [0.4, 0.5) is 10.5 Å². The fraction of sp³-hybridized carbons (Fsp3) is 0.529. The van der Waals surface area contributed by atoms with E-state index in [-0.39, 0.29) is 12.1 Å². The summed E-state index contributed by atoms with van der Waals surface area (Å²) in [6.07, 6.45) is 10.6. The van der Waals surface area contributed by atoms with Crippen molar-refractivity contribution in [3.05, 3.63) is 48.9 Å². The molecule has 0 spiro atoms. The minimum atomic E-state index is -0.548. The van der Waals surface area contributed by atoms with E-state index in [0.717, 1.165) is 18.8 Å². The molecule has 0 saturated carbocycles. The number of pyridine rings is 1. The van der Waals surface area contributed by atoms with Gasteiger partial charge in [0.25, 0.3) is 0 Å². The van der Waals surface area contributed by atoms with E-state index in [1.807, 2.05) is 45.0 Å². The van der Waals surface area contributed by atoms with Crippen LogP contribution in [0.2, 0.25) is 0 Å². The van der Waals surface area contributed by atoms with Gasteiger partial charge in [0.2, 0.25) is 5.88 Å². The van der Waals surface area contributed by atoms with Crippen LogP contribution < -0.4 is 19.5 Å². The molecule has 10 heteroatoms. The molecule has 2 aromatic heterocycles. The summed E-state index contributed by atoms with van der Waals surface area (Å²) in [6.45, 7) is 13.5. The van der Waals surface area contributed by atoms with Gasteiger partial charge in [-0.05, 0) is 57.7 Å². The molecule has 1 atom stereocenters.